The van der Waals surface area contributed by atoms with Crippen LogP contribution in [0.25, 0.3) is 0 Å². The maximum absolute atomic E-state index is 13.6. The first-order valence-corrected chi connectivity index (χ1v) is 11.9. The number of amides is 3. The number of fused-ring (bicyclic) bond motifs is 1. The van der Waals surface area contributed by atoms with Crippen LogP contribution in [0.5, 0.6) is 11.5 Å². The molecule has 1 saturated heterocycles. The molecule has 8 nitrogen and oxygen atoms in total. The molecule has 2 aliphatic rings. The lowest BCUT2D eigenvalue weighted by Crippen LogP contribution is -2.54. The number of benzene rings is 2. The number of hydrogen-bond donors (Lipinski definition) is 1. The number of likely N-dealkylation sites (N-methyl/N-ethyl adjacent to an activating group) is 1. The highest BCUT2D eigenvalue weighted by Crippen LogP contribution is 2.32. The van der Waals surface area contributed by atoms with Crippen LogP contribution in [0.4, 0.5) is 4.39 Å². The van der Waals surface area contributed by atoms with E-state index in [-0.39, 0.29) is 30.4 Å². The van der Waals surface area contributed by atoms with E-state index in [1.165, 1.54) is 18.2 Å². The van der Waals surface area contributed by atoms with E-state index in [0.29, 0.717) is 61.6 Å². The molecule has 2 aromatic rings. The number of carbonyl (C=O) groups is 3. The summed E-state index contributed by atoms with van der Waals surface area (Å²) in [4.78, 5) is 42.7. The van der Waals surface area contributed by atoms with Crippen molar-refractivity contribution in [3.63, 3.8) is 0 Å². The van der Waals surface area contributed by atoms with E-state index in [2.05, 4.69) is 5.32 Å². The highest BCUT2D eigenvalue weighted by molar-refractivity contribution is 5.98. The standard InChI is InChI=1S/C26H30FN3O5/c1-3-29(4-2)26(33)23(28-24(31)18-8-9-21-22(15-18)35-16-34-21)17-10-12-30(13-11-17)25(32)19-6-5-7-20(27)14-19/h5-9,14-15,17,23H,3-4,10-13,16H2,1-2H3,(H,28,31). The maximum atomic E-state index is 13.6. The smallest absolute Gasteiger partial charge is 0.253 e. The second-order valence-corrected chi connectivity index (χ2v) is 8.67. The second kappa shape index (κ2) is 10.8. The van der Waals surface area contributed by atoms with Gasteiger partial charge in [0.1, 0.15) is 11.9 Å². The van der Waals surface area contributed by atoms with Gasteiger partial charge in [0.2, 0.25) is 12.7 Å². The first kappa shape index (κ1) is 24.5. The number of hydrogen-bond acceptors (Lipinski definition) is 5. The Morgan fingerprint density at radius 3 is 2.43 bits per heavy atom. The van der Waals surface area contributed by atoms with Gasteiger partial charge in [0.15, 0.2) is 11.5 Å². The summed E-state index contributed by atoms with van der Waals surface area (Å²) in [5.41, 5.74) is 0.681. The van der Waals surface area contributed by atoms with Crippen LogP contribution < -0.4 is 14.8 Å². The van der Waals surface area contributed by atoms with Gasteiger partial charge in [0.25, 0.3) is 11.8 Å². The molecular formula is C26H30FN3O5. The minimum atomic E-state index is -0.723. The molecule has 1 N–H and O–H groups in total. The third-order valence-corrected chi connectivity index (χ3v) is 6.63. The van der Waals surface area contributed by atoms with Crippen LogP contribution in [-0.4, -0.2) is 66.5 Å². The van der Waals surface area contributed by atoms with Gasteiger partial charge in [-0.15, -0.1) is 0 Å². The first-order chi connectivity index (χ1) is 16.9. The second-order valence-electron chi connectivity index (χ2n) is 8.67. The van der Waals surface area contributed by atoms with Crippen LogP contribution >= 0.6 is 0 Å². The lowest BCUT2D eigenvalue weighted by atomic mass is 9.87. The summed E-state index contributed by atoms with van der Waals surface area (Å²) < 4.78 is 24.2. The number of ether oxygens (including phenoxy) is 2. The van der Waals surface area contributed by atoms with Crippen molar-refractivity contribution in [1.82, 2.24) is 15.1 Å². The molecular weight excluding hydrogens is 453 g/mol. The van der Waals surface area contributed by atoms with Crippen LogP contribution in [-0.2, 0) is 4.79 Å². The third-order valence-electron chi connectivity index (χ3n) is 6.63. The number of nitrogens with zero attached hydrogens (tertiary/aromatic N) is 2. The van der Waals surface area contributed by atoms with Gasteiger partial charge in [-0.05, 0) is 69.0 Å². The quantitative estimate of drug-likeness (QED) is 0.654. The number of carbonyl (C=O) groups excluding carboxylic acids is 3. The lowest BCUT2D eigenvalue weighted by Gasteiger charge is -2.37. The Labute approximate surface area is 204 Å². The van der Waals surface area contributed by atoms with Crippen LogP contribution in [0.3, 0.4) is 0 Å². The van der Waals surface area contributed by atoms with Crippen molar-refractivity contribution in [3.05, 3.63) is 59.4 Å². The number of rotatable bonds is 7. The van der Waals surface area contributed by atoms with Crippen molar-refractivity contribution in [3.8, 4) is 11.5 Å². The van der Waals surface area contributed by atoms with E-state index in [4.69, 9.17) is 9.47 Å². The predicted octanol–water partition coefficient (Wildman–Crippen LogP) is 3.07. The topological polar surface area (TPSA) is 88.2 Å². The van der Waals surface area contributed by atoms with Crippen LogP contribution in [0.1, 0.15) is 47.4 Å². The molecule has 2 aliphatic heterocycles. The minimum absolute atomic E-state index is 0.108. The largest absolute Gasteiger partial charge is 0.454 e. The molecule has 35 heavy (non-hydrogen) atoms. The molecule has 0 radical (unpaired) electrons. The fraction of sp³-hybridized carbons (Fsp3) is 0.423. The van der Waals surface area contributed by atoms with Gasteiger partial charge < -0.3 is 24.6 Å². The summed E-state index contributed by atoms with van der Waals surface area (Å²) in [6, 6.07) is 9.84. The van der Waals surface area contributed by atoms with Gasteiger partial charge in [-0.1, -0.05) is 6.07 Å². The van der Waals surface area contributed by atoms with E-state index in [0.717, 1.165) is 0 Å². The van der Waals surface area contributed by atoms with E-state index in [1.54, 1.807) is 34.1 Å². The minimum Gasteiger partial charge on any atom is -0.454 e. The molecule has 2 aromatic carbocycles. The highest BCUT2D eigenvalue weighted by atomic mass is 19.1. The Hall–Kier alpha value is -3.62. The van der Waals surface area contributed by atoms with Crippen molar-refractivity contribution in [2.75, 3.05) is 33.0 Å². The molecule has 0 aromatic heterocycles. The van der Waals surface area contributed by atoms with Gasteiger partial charge in [-0.2, -0.15) is 0 Å². The molecule has 9 heteroatoms. The average molecular weight is 484 g/mol. The molecule has 1 fully saturated rings. The lowest BCUT2D eigenvalue weighted by molar-refractivity contribution is -0.134. The summed E-state index contributed by atoms with van der Waals surface area (Å²) in [6.45, 7) is 5.81. The number of likely N-dealkylation sites (tertiary alicyclic amines) is 1. The Morgan fingerprint density at radius 2 is 1.74 bits per heavy atom. The summed E-state index contributed by atoms with van der Waals surface area (Å²) >= 11 is 0. The Morgan fingerprint density at radius 1 is 1.03 bits per heavy atom. The summed E-state index contributed by atoms with van der Waals surface area (Å²) in [5.74, 6) is -0.273. The summed E-state index contributed by atoms with van der Waals surface area (Å²) in [6.07, 6.45) is 1.08. The van der Waals surface area contributed by atoms with Crippen molar-refractivity contribution >= 4 is 17.7 Å². The van der Waals surface area contributed by atoms with Crippen molar-refractivity contribution in [1.29, 1.82) is 0 Å². The van der Waals surface area contributed by atoms with Crippen molar-refractivity contribution in [2.45, 2.75) is 32.7 Å². The summed E-state index contributed by atoms with van der Waals surface area (Å²) in [7, 11) is 0. The zero-order chi connectivity index (χ0) is 24.9. The predicted molar refractivity (Wildman–Crippen MR) is 127 cm³/mol. The average Bonchev–Trinajstić information content (AvgIpc) is 3.35. The normalized spacial score (nSPS) is 16.0. The van der Waals surface area contributed by atoms with Gasteiger partial charge in [0, 0.05) is 37.3 Å². The fourth-order valence-electron chi connectivity index (χ4n) is 4.62. The van der Waals surface area contributed by atoms with E-state index in [9.17, 15) is 18.8 Å². The molecule has 0 saturated carbocycles. The zero-order valence-corrected chi connectivity index (χ0v) is 20.0. The number of halogens is 1. The number of nitrogens with one attached hydrogen (secondary N) is 1. The monoisotopic (exact) mass is 483 g/mol. The van der Waals surface area contributed by atoms with Crippen LogP contribution in [0.2, 0.25) is 0 Å². The van der Waals surface area contributed by atoms with Crippen molar-refractivity contribution < 1.29 is 28.2 Å². The van der Waals surface area contributed by atoms with Gasteiger partial charge in [-0.25, -0.2) is 4.39 Å². The molecule has 0 bridgehead atoms. The molecule has 3 amide bonds. The van der Waals surface area contributed by atoms with E-state index < -0.39 is 11.9 Å². The molecule has 4 rings (SSSR count). The van der Waals surface area contributed by atoms with Gasteiger partial charge >= 0.3 is 0 Å². The van der Waals surface area contributed by atoms with E-state index in [1.807, 2.05) is 13.8 Å². The third kappa shape index (κ3) is 5.39. The van der Waals surface area contributed by atoms with E-state index >= 15 is 0 Å². The van der Waals surface area contributed by atoms with Crippen molar-refractivity contribution in [2.24, 2.45) is 5.92 Å². The molecule has 186 valence electrons. The Bertz CT molecular complexity index is 1100. The zero-order valence-electron chi connectivity index (χ0n) is 20.0. The molecule has 1 atom stereocenters. The molecule has 1 unspecified atom stereocenters. The molecule has 2 heterocycles. The Balaban J connectivity index is 1.47. The fourth-order valence-corrected chi connectivity index (χ4v) is 4.62. The van der Waals surface area contributed by atoms with Gasteiger partial charge in [-0.3, -0.25) is 14.4 Å². The van der Waals surface area contributed by atoms with Crippen LogP contribution in [0.15, 0.2) is 42.5 Å². The SMILES string of the molecule is CCN(CC)C(=O)C(NC(=O)c1ccc2c(c1)OCO2)C1CCN(C(=O)c2cccc(F)c2)CC1. The molecule has 0 aliphatic carbocycles. The highest BCUT2D eigenvalue weighted by Gasteiger charge is 2.36. The first-order valence-electron chi connectivity index (χ1n) is 11.9. The van der Waals surface area contributed by atoms with Crippen LogP contribution in [0, 0.1) is 11.7 Å². The number of piperidine rings is 1. The molecule has 0 spiro atoms. The maximum Gasteiger partial charge on any atom is 0.253 e. The van der Waals surface area contributed by atoms with Gasteiger partial charge in [0.05, 0.1) is 0 Å². The summed E-state index contributed by atoms with van der Waals surface area (Å²) in [5, 5.41) is 2.95. The Kier molecular flexibility index (Phi) is 7.53.